The number of anilines is 2. The van der Waals surface area contributed by atoms with Crippen LogP contribution in [0.1, 0.15) is 5.56 Å². The molecule has 1 aromatic heterocycles. The quantitative estimate of drug-likeness (QED) is 0.717. The lowest BCUT2D eigenvalue weighted by molar-refractivity contribution is 0.208. The molecule has 1 aliphatic rings. The number of aromatic nitrogens is 2. The number of urea groups is 1. The van der Waals surface area contributed by atoms with Gasteiger partial charge in [-0.2, -0.15) is 0 Å². The minimum Gasteiger partial charge on any atom is -0.495 e. The molecule has 7 nitrogen and oxygen atoms in total. The van der Waals surface area contributed by atoms with Crippen LogP contribution in [0.25, 0.3) is 11.3 Å². The number of piperazine rings is 1. The summed E-state index contributed by atoms with van der Waals surface area (Å²) in [4.78, 5) is 16.7. The lowest BCUT2D eigenvalue weighted by atomic mass is 10.1. The molecule has 0 radical (unpaired) electrons. The lowest BCUT2D eigenvalue weighted by Crippen LogP contribution is -2.50. The molecule has 0 atom stereocenters. The van der Waals surface area contributed by atoms with Gasteiger partial charge in [0, 0.05) is 31.7 Å². The third-order valence-corrected chi connectivity index (χ3v) is 5.21. The topological polar surface area (TPSA) is 70.6 Å². The third-order valence-electron chi connectivity index (χ3n) is 5.21. The Morgan fingerprint density at radius 1 is 0.967 bits per heavy atom. The number of carbonyl (C=O) groups excluding carboxylic acids is 1. The predicted molar refractivity (Wildman–Crippen MR) is 118 cm³/mol. The van der Waals surface area contributed by atoms with Crippen LogP contribution in [0.4, 0.5) is 16.3 Å². The first-order chi connectivity index (χ1) is 14.6. The van der Waals surface area contributed by atoms with E-state index in [1.165, 1.54) is 0 Å². The van der Waals surface area contributed by atoms with Crippen molar-refractivity contribution in [2.75, 3.05) is 43.5 Å². The largest absolute Gasteiger partial charge is 0.495 e. The Balaban J connectivity index is 1.36. The summed E-state index contributed by atoms with van der Waals surface area (Å²) in [6.07, 6.45) is 0. The van der Waals surface area contributed by atoms with Gasteiger partial charge in [-0.25, -0.2) is 4.79 Å². The van der Waals surface area contributed by atoms with E-state index in [0.717, 1.165) is 22.6 Å². The molecule has 2 heterocycles. The van der Waals surface area contributed by atoms with Gasteiger partial charge in [0.15, 0.2) is 5.82 Å². The normalized spacial score (nSPS) is 13.8. The third kappa shape index (κ3) is 4.35. The van der Waals surface area contributed by atoms with Gasteiger partial charge in [0.05, 0.1) is 18.5 Å². The van der Waals surface area contributed by atoms with Crippen molar-refractivity contribution >= 4 is 17.5 Å². The Hall–Kier alpha value is -3.61. The fraction of sp³-hybridized carbons (Fsp3) is 0.261. The van der Waals surface area contributed by atoms with Crippen molar-refractivity contribution in [1.82, 2.24) is 15.1 Å². The summed E-state index contributed by atoms with van der Waals surface area (Å²) < 4.78 is 5.35. The second-order valence-electron chi connectivity index (χ2n) is 7.25. The molecule has 0 saturated carbocycles. The Labute approximate surface area is 176 Å². The molecule has 0 spiro atoms. The van der Waals surface area contributed by atoms with Crippen LogP contribution in [0.5, 0.6) is 5.75 Å². The number of hydrogen-bond acceptors (Lipinski definition) is 5. The van der Waals surface area contributed by atoms with Crippen molar-refractivity contribution in [1.29, 1.82) is 0 Å². The van der Waals surface area contributed by atoms with E-state index in [-0.39, 0.29) is 6.03 Å². The highest BCUT2D eigenvalue weighted by atomic mass is 16.5. The highest BCUT2D eigenvalue weighted by Crippen LogP contribution is 2.26. The first-order valence-corrected chi connectivity index (χ1v) is 9.99. The summed E-state index contributed by atoms with van der Waals surface area (Å²) in [5.74, 6) is 1.48. The summed E-state index contributed by atoms with van der Waals surface area (Å²) >= 11 is 0. The Kier molecular flexibility index (Phi) is 5.79. The maximum Gasteiger partial charge on any atom is 0.322 e. The number of nitrogens with zero attached hydrogens (tertiary/aromatic N) is 4. The molecular formula is C23H25N5O2. The van der Waals surface area contributed by atoms with Crippen LogP contribution < -0.4 is 15.0 Å². The Bertz CT molecular complexity index is 1000. The Morgan fingerprint density at radius 3 is 2.40 bits per heavy atom. The minimum absolute atomic E-state index is 0.121. The smallest absolute Gasteiger partial charge is 0.322 e. The van der Waals surface area contributed by atoms with Gasteiger partial charge in [0.25, 0.3) is 0 Å². The fourth-order valence-corrected chi connectivity index (χ4v) is 3.51. The van der Waals surface area contributed by atoms with Gasteiger partial charge in [-0.3, -0.25) is 0 Å². The second-order valence-corrected chi connectivity index (χ2v) is 7.25. The van der Waals surface area contributed by atoms with Crippen LogP contribution in [0.3, 0.4) is 0 Å². The molecule has 2 aromatic carbocycles. The molecule has 30 heavy (non-hydrogen) atoms. The SMILES string of the molecule is COc1ccc(C)cc1NC(=O)N1CCN(c2ccc(-c3ccccc3)nn2)CC1. The summed E-state index contributed by atoms with van der Waals surface area (Å²) in [5.41, 5.74) is 3.65. The van der Waals surface area contributed by atoms with Gasteiger partial charge >= 0.3 is 6.03 Å². The van der Waals surface area contributed by atoms with Crippen molar-refractivity contribution < 1.29 is 9.53 Å². The Morgan fingerprint density at radius 2 is 1.73 bits per heavy atom. The van der Waals surface area contributed by atoms with Gasteiger partial charge in [-0.05, 0) is 36.8 Å². The zero-order valence-electron chi connectivity index (χ0n) is 17.2. The van der Waals surface area contributed by atoms with Crippen molar-refractivity contribution in [2.24, 2.45) is 0 Å². The molecule has 1 fully saturated rings. The molecule has 4 rings (SSSR count). The van der Waals surface area contributed by atoms with Crippen LogP contribution in [-0.2, 0) is 0 Å². The number of benzene rings is 2. The molecule has 0 bridgehead atoms. The van der Waals surface area contributed by atoms with E-state index in [1.54, 1.807) is 7.11 Å². The number of aryl methyl sites for hydroxylation is 1. The number of carbonyl (C=O) groups is 1. The number of ether oxygens (including phenoxy) is 1. The molecule has 0 aliphatic carbocycles. The van der Waals surface area contributed by atoms with Gasteiger partial charge in [-0.15, -0.1) is 10.2 Å². The van der Waals surface area contributed by atoms with E-state index >= 15 is 0 Å². The molecule has 2 amide bonds. The van der Waals surface area contributed by atoms with E-state index in [1.807, 2.05) is 72.5 Å². The van der Waals surface area contributed by atoms with Crippen LogP contribution in [0.2, 0.25) is 0 Å². The van der Waals surface area contributed by atoms with E-state index in [9.17, 15) is 4.79 Å². The van der Waals surface area contributed by atoms with Gasteiger partial charge in [0.2, 0.25) is 0 Å². The lowest BCUT2D eigenvalue weighted by Gasteiger charge is -2.35. The number of hydrogen-bond donors (Lipinski definition) is 1. The fourth-order valence-electron chi connectivity index (χ4n) is 3.51. The average molecular weight is 403 g/mol. The average Bonchev–Trinajstić information content (AvgIpc) is 2.80. The highest BCUT2D eigenvalue weighted by molar-refractivity contribution is 5.91. The zero-order chi connectivity index (χ0) is 20.9. The van der Waals surface area contributed by atoms with E-state index in [2.05, 4.69) is 20.4 Å². The molecular weight excluding hydrogens is 378 g/mol. The molecule has 1 aliphatic heterocycles. The van der Waals surface area contributed by atoms with Crippen LogP contribution >= 0.6 is 0 Å². The van der Waals surface area contributed by atoms with Crippen molar-refractivity contribution in [3.63, 3.8) is 0 Å². The van der Waals surface area contributed by atoms with E-state index in [4.69, 9.17) is 4.74 Å². The van der Waals surface area contributed by atoms with Crippen molar-refractivity contribution in [3.8, 4) is 17.0 Å². The van der Waals surface area contributed by atoms with Crippen LogP contribution in [0, 0.1) is 6.92 Å². The summed E-state index contributed by atoms with van der Waals surface area (Å²) in [6, 6.07) is 19.6. The maximum atomic E-state index is 12.7. The second kappa shape index (κ2) is 8.82. The monoisotopic (exact) mass is 403 g/mol. The summed E-state index contributed by atoms with van der Waals surface area (Å²) in [7, 11) is 1.60. The number of methoxy groups -OCH3 is 1. The maximum absolute atomic E-state index is 12.7. The first-order valence-electron chi connectivity index (χ1n) is 9.99. The van der Waals surface area contributed by atoms with Gasteiger partial charge in [-0.1, -0.05) is 36.4 Å². The van der Waals surface area contributed by atoms with Crippen LogP contribution in [0.15, 0.2) is 60.7 Å². The number of rotatable bonds is 4. The molecule has 1 saturated heterocycles. The summed E-state index contributed by atoms with van der Waals surface area (Å²) in [5, 5.41) is 11.7. The number of nitrogens with one attached hydrogen (secondary N) is 1. The molecule has 1 N–H and O–H groups in total. The first kappa shape index (κ1) is 19.7. The predicted octanol–water partition coefficient (Wildman–Crippen LogP) is 3.81. The van der Waals surface area contributed by atoms with Crippen LogP contribution in [-0.4, -0.2) is 54.4 Å². The number of amides is 2. The highest BCUT2D eigenvalue weighted by Gasteiger charge is 2.23. The van der Waals surface area contributed by atoms with E-state index in [0.29, 0.717) is 37.6 Å². The van der Waals surface area contributed by atoms with Gasteiger partial charge < -0.3 is 19.9 Å². The zero-order valence-corrected chi connectivity index (χ0v) is 17.2. The van der Waals surface area contributed by atoms with E-state index < -0.39 is 0 Å². The molecule has 3 aromatic rings. The van der Waals surface area contributed by atoms with Gasteiger partial charge in [0.1, 0.15) is 5.75 Å². The molecule has 7 heteroatoms. The standard InChI is InChI=1S/C23H25N5O2/c1-17-8-10-21(30-2)20(16-17)24-23(29)28-14-12-27(13-15-28)22-11-9-19(25-26-22)18-6-4-3-5-7-18/h3-11,16H,12-15H2,1-2H3,(H,24,29). The molecule has 0 unspecified atom stereocenters. The summed E-state index contributed by atoms with van der Waals surface area (Å²) in [6.45, 7) is 4.62. The van der Waals surface area contributed by atoms with Crippen molar-refractivity contribution in [2.45, 2.75) is 6.92 Å². The minimum atomic E-state index is -0.121. The molecule has 154 valence electrons. The van der Waals surface area contributed by atoms with Crippen molar-refractivity contribution in [3.05, 3.63) is 66.2 Å².